The molecule has 6 nitrogen and oxygen atoms in total. The summed E-state index contributed by atoms with van der Waals surface area (Å²) in [7, 11) is 0. The van der Waals surface area contributed by atoms with E-state index in [2.05, 4.69) is 16.0 Å². The van der Waals surface area contributed by atoms with E-state index in [0.29, 0.717) is 36.4 Å². The number of ether oxygens (including phenoxy) is 2. The van der Waals surface area contributed by atoms with E-state index in [1.54, 1.807) is 24.3 Å². The van der Waals surface area contributed by atoms with Crippen LogP contribution in [0.5, 0.6) is 11.5 Å². The van der Waals surface area contributed by atoms with E-state index in [4.69, 9.17) is 9.47 Å². The summed E-state index contributed by atoms with van der Waals surface area (Å²) in [5.74, 6) is -1.94. The highest BCUT2D eigenvalue weighted by molar-refractivity contribution is 6.05. The van der Waals surface area contributed by atoms with Crippen molar-refractivity contribution in [2.75, 3.05) is 31.5 Å². The number of hydrogen-bond donors (Lipinski definition) is 3. The minimum absolute atomic E-state index is 0. The van der Waals surface area contributed by atoms with E-state index in [9.17, 15) is 26.7 Å². The van der Waals surface area contributed by atoms with Gasteiger partial charge in [0.2, 0.25) is 0 Å². The Bertz CT molecular complexity index is 1710. The topological polar surface area (TPSA) is 71.6 Å². The number of rotatable bonds is 8. The van der Waals surface area contributed by atoms with Crippen molar-refractivity contribution in [3.05, 3.63) is 102 Å². The number of halogens is 7. The van der Waals surface area contributed by atoms with Crippen LogP contribution in [0.4, 0.5) is 27.6 Å². The fourth-order valence-corrected chi connectivity index (χ4v) is 5.57. The van der Waals surface area contributed by atoms with E-state index in [1.807, 2.05) is 0 Å². The lowest BCUT2D eigenvalue weighted by molar-refractivity contribution is -0.137. The molecule has 2 saturated heterocycles. The summed E-state index contributed by atoms with van der Waals surface area (Å²) in [6.45, 7) is 2.70. The number of hydrogen-bond acceptors (Lipinski definition) is 5. The third-order valence-electron chi connectivity index (χ3n) is 7.85. The number of amides is 1. The standard InChI is InChI=1S/C34H30F5N3O3.2ClH/c35-29-8-5-20(16-30(29)36)26-15-21(6-9-31(26)44-23-11-13-40-18-23)33(43)42-22-7-10-32(45-24-12-14-41-19-24)27(17-22)25-3-1-2-4-28(25)34(37,38)39;;/h1-10,15-17,23-24,40-41H,11-14,18-19H2,(H,42,43);2*1H/t23-,24-;;/m0../s1. The Morgan fingerprint density at radius 3 is 1.98 bits per heavy atom. The second-order valence-electron chi connectivity index (χ2n) is 11.0. The molecule has 47 heavy (non-hydrogen) atoms. The summed E-state index contributed by atoms with van der Waals surface area (Å²) in [5, 5.41) is 9.15. The maximum atomic E-state index is 14.2. The van der Waals surface area contributed by atoms with E-state index in [1.165, 1.54) is 36.4 Å². The minimum atomic E-state index is -4.61. The molecule has 0 unspecified atom stereocenters. The van der Waals surface area contributed by atoms with Crippen molar-refractivity contribution in [1.82, 2.24) is 10.6 Å². The number of anilines is 1. The highest BCUT2D eigenvalue weighted by atomic mass is 35.5. The van der Waals surface area contributed by atoms with E-state index < -0.39 is 29.3 Å². The minimum Gasteiger partial charge on any atom is -0.488 e. The second kappa shape index (κ2) is 15.3. The number of carbonyl (C=O) groups is 1. The van der Waals surface area contributed by atoms with Gasteiger partial charge in [-0.25, -0.2) is 8.78 Å². The molecule has 4 aromatic carbocycles. The first kappa shape index (κ1) is 35.9. The maximum absolute atomic E-state index is 14.2. The van der Waals surface area contributed by atoms with Crippen LogP contribution < -0.4 is 25.4 Å². The maximum Gasteiger partial charge on any atom is 0.417 e. The zero-order chi connectivity index (χ0) is 31.6. The highest BCUT2D eigenvalue weighted by Crippen LogP contribution is 2.42. The molecule has 0 spiro atoms. The van der Waals surface area contributed by atoms with Crippen LogP contribution in [0.1, 0.15) is 28.8 Å². The Balaban J connectivity index is 0.00000250. The predicted octanol–water partition coefficient (Wildman–Crippen LogP) is 7.89. The average Bonchev–Trinajstić information content (AvgIpc) is 3.74. The molecular formula is C34H32Cl2F5N3O3. The molecule has 2 aliphatic rings. The molecule has 6 rings (SSSR count). The molecule has 0 bridgehead atoms. The number of benzene rings is 4. The summed E-state index contributed by atoms with van der Waals surface area (Å²) in [6.07, 6.45) is -3.49. The number of nitrogens with one attached hydrogen (secondary N) is 3. The molecule has 250 valence electrons. The number of carbonyl (C=O) groups excluding carboxylic acids is 1. The van der Waals surface area contributed by atoms with Crippen molar-refractivity contribution >= 4 is 36.4 Å². The first-order valence-corrected chi connectivity index (χ1v) is 14.6. The van der Waals surface area contributed by atoms with Crippen molar-refractivity contribution in [2.45, 2.75) is 31.2 Å². The fraction of sp³-hybridized carbons (Fsp3) is 0.265. The Morgan fingerprint density at radius 2 is 1.36 bits per heavy atom. The molecule has 0 aliphatic carbocycles. The first-order valence-electron chi connectivity index (χ1n) is 14.6. The smallest absolute Gasteiger partial charge is 0.417 e. The summed E-state index contributed by atoms with van der Waals surface area (Å²) in [5.41, 5.74) is 0.416. The van der Waals surface area contributed by atoms with Crippen LogP contribution in [0.15, 0.2) is 78.9 Å². The molecule has 2 atom stereocenters. The van der Waals surface area contributed by atoms with Gasteiger partial charge in [-0.15, -0.1) is 24.8 Å². The van der Waals surface area contributed by atoms with Crippen molar-refractivity contribution in [1.29, 1.82) is 0 Å². The van der Waals surface area contributed by atoms with Crippen LogP contribution in [0, 0.1) is 11.6 Å². The van der Waals surface area contributed by atoms with Crippen molar-refractivity contribution in [3.63, 3.8) is 0 Å². The molecule has 2 aliphatic heterocycles. The lowest BCUT2D eigenvalue weighted by atomic mass is 9.97. The summed E-state index contributed by atoms with van der Waals surface area (Å²) in [4.78, 5) is 13.5. The first-order chi connectivity index (χ1) is 21.7. The van der Waals surface area contributed by atoms with Gasteiger partial charge in [0.15, 0.2) is 11.6 Å². The van der Waals surface area contributed by atoms with Gasteiger partial charge in [-0.2, -0.15) is 13.2 Å². The van der Waals surface area contributed by atoms with Gasteiger partial charge in [-0.05, 0) is 91.7 Å². The zero-order valence-electron chi connectivity index (χ0n) is 24.8. The van der Waals surface area contributed by atoms with E-state index in [0.717, 1.165) is 37.7 Å². The van der Waals surface area contributed by atoms with Gasteiger partial charge in [0.25, 0.3) is 5.91 Å². The van der Waals surface area contributed by atoms with Crippen LogP contribution in [-0.2, 0) is 6.18 Å². The largest absolute Gasteiger partial charge is 0.488 e. The SMILES string of the molecule is Cl.Cl.O=C(Nc1ccc(O[C@H]2CCNC2)c(-c2ccccc2C(F)(F)F)c1)c1ccc(O[C@H]2CCNC2)c(-c2ccc(F)c(F)c2)c1. The van der Waals surface area contributed by atoms with E-state index >= 15 is 0 Å². The van der Waals surface area contributed by atoms with Gasteiger partial charge >= 0.3 is 6.18 Å². The van der Waals surface area contributed by atoms with Gasteiger partial charge in [0.1, 0.15) is 23.7 Å². The normalized spacial score (nSPS) is 17.4. The van der Waals surface area contributed by atoms with Gasteiger partial charge in [-0.1, -0.05) is 24.3 Å². The molecule has 3 N–H and O–H groups in total. The third-order valence-corrected chi connectivity index (χ3v) is 7.85. The predicted molar refractivity (Wildman–Crippen MR) is 175 cm³/mol. The monoisotopic (exact) mass is 695 g/mol. The lowest BCUT2D eigenvalue weighted by Gasteiger charge is -2.20. The molecule has 4 aromatic rings. The molecule has 2 heterocycles. The highest BCUT2D eigenvalue weighted by Gasteiger charge is 2.34. The average molecular weight is 697 g/mol. The quantitative estimate of drug-likeness (QED) is 0.164. The van der Waals surface area contributed by atoms with Gasteiger partial charge in [-0.3, -0.25) is 4.79 Å². The molecular weight excluding hydrogens is 664 g/mol. The van der Waals surface area contributed by atoms with Gasteiger partial charge in [0.05, 0.1) is 5.56 Å². The Labute approximate surface area is 280 Å². The molecule has 0 aromatic heterocycles. The molecule has 0 radical (unpaired) electrons. The summed E-state index contributed by atoms with van der Waals surface area (Å²) in [6, 6.07) is 17.9. The number of alkyl halides is 3. The van der Waals surface area contributed by atoms with Crippen LogP contribution in [0.2, 0.25) is 0 Å². The van der Waals surface area contributed by atoms with Crippen molar-refractivity contribution in [3.8, 4) is 33.8 Å². The molecule has 1 amide bonds. The Kier molecular flexibility index (Phi) is 11.7. The third kappa shape index (κ3) is 8.34. The molecule has 0 saturated carbocycles. The van der Waals surface area contributed by atoms with Crippen LogP contribution in [0.25, 0.3) is 22.3 Å². The Hall–Kier alpha value is -3.90. The second-order valence-corrected chi connectivity index (χ2v) is 11.0. The van der Waals surface area contributed by atoms with Crippen molar-refractivity contribution < 1.29 is 36.2 Å². The van der Waals surface area contributed by atoms with E-state index in [-0.39, 0.29) is 65.1 Å². The molecule has 2 fully saturated rings. The summed E-state index contributed by atoms with van der Waals surface area (Å²) < 4.78 is 82.2. The zero-order valence-corrected chi connectivity index (χ0v) is 26.5. The van der Waals surface area contributed by atoms with Crippen LogP contribution in [0.3, 0.4) is 0 Å². The fourth-order valence-electron chi connectivity index (χ4n) is 5.57. The van der Waals surface area contributed by atoms with Gasteiger partial charge in [0, 0.05) is 35.5 Å². The summed E-state index contributed by atoms with van der Waals surface area (Å²) >= 11 is 0. The Morgan fingerprint density at radius 1 is 0.723 bits per heavy atom. The molecule has 13 heteroatoms. The van der Waals surface area contributed by atoms with Crippen LogP contribution >= 0.6 is 24.8 Å². The van der Waals surface area contributed by atoms with Crippen molar-refractivity contribution in [2.24, 2.45) is 0 Å². The lowest BCUT2D eigenvalue weighted by Crippen LogP contribution is -2.20. The van der Waals surface area contributed by atoms with Gasteiger partial charge < -0.3 is 25.4 Å². The van der Waals surface area contributed by atoms with Crippen LogP contribution in [-0.4, -0.2) is 44.3 Å².